The van der Waals surface area contributed by atoms with Gasteiger partial charge in [0.2, 0.25) is 0 Å². The maximum Gasteiger partial charge on any atom is 0.322 e. The molecule has 1 rings (SSSR count). The van der Waals surface area contributed by atoms with Crippen molar-refractivity contribution in [1.29, 1.82) is 0 Å². The number of nitrogens with zero attached hydrogens (tertiary/aromatic N) is 3. The first-order valence-corrected chi connectivity index (χ1v) is 14.0. The van der Waals surface area contributed by atoms with Crippen LogP contribution in [0.5, 0.6) is 12.0 Å². The Kier molecular flexibility index (Phi) is 11.9. The Hall–Kier alpha value is 1.49. The number of ether oxygens (including phenoxy) is 2. The summed E-state index contributed by atoms with van der Waals surface area (Å²) in [4.78, 5) is 12.8. The largest absolute Gasteiger partial charge is 0.463 e. The summed E-state index contributed by atoms with van der Waals surface area (Å²) in [6.45, 7) is 2.72. The second kappa shape index (κ2) is 12.1. The van der Waals surface area contributed by atoms with Crippen LogP contribution < -0.4 is 9.47 Å². The van der Waals surface area contributed by atoms with Gasteiger partial charge in [0.1, 0.15) is 5.82 Å². The highest BCUT2D eigenvalue weighted by atomic mass is 79.9. The Morgan fingerprint density at radius 1 is 0.640 bits per heavy atom. The molecule has 0 radical (unpaired) electrons. The lowest BCUT2D eigenvalue weighted by Crippen LogP contribution is -2.35. The molecule has 0 spiro atoms. The van der Waals surface area contributed by atoms with E-state index in [4.69, 9.17) is 9.47 Å². The molecule has 0 fully saturated rings. The van der Waals surface area contributed by atoms with Crippen molar-refractivity contribution >= 4 is 95.6 Å². The topological polar surface area (TPSA) is 57.1 Å². The number of rotatable bonds is 12. The quantitative estimate of drug-likeness (QED) is 0.274. The van der Waals surface area contributed by atoms with Crippen LogP contribution in [0.3, 0.4) is 0 Å². The minimum atomic E-state index is -0.0847. The lowest BCUT2D eigenvalue weighted by atomic mass is 9.98. The van der Waals surface area contributed by atoms with Gasteiger partial charge in [-0.05, 0) is 6.92 Å². The third-order valence-electron chi connectivity index (χ3n) is 3.42. The van der Waals surface area contributed by atoms with E-state index in [-0.39, 0.29) is 22.9 Å². The van der Waals surface area contributed by atoms with E-state index in [0.29, 0.717) is 19.0 Å². The lowest BCUT2D eigenvalue weighted by molar-refractivity contribution is 0.177. The average molecular weight is 741 g/mol. The molecule has 0 saturated carbocycles. The maximum absolute atomic E-state index is 5.82. The molecule has 0 aromatic carbocycles. The van der Waals surface area contributed by atoms with Gasteiger partial charge in [0.05, 0.1) is 13.2 Å². The number of hydrogen-bond acceptors (Lipinski definition) is 5. The number of aryl methyl sites for hydroxylation is 1. The molecule has 0 amide bonds. The molecule has 0 N–H and O–H groups in total. The first-order valence-electron chi connectivity index (χ1n) is 7.26. The van der Waals surface area contributed by atoms with Gasteiger partial charge in [0, 0.05) is 42.8 Å². The Bertz CT molecular complexity index is 471. The smallest absolute Gasteiger partial charge is 0.322 e. The summed E-state index contributed by atoms with van der Waals surface area (Å²) in [6.07, 6.45) is 0. The summed E-state index contributed by atoms with van der Waals surface area (Å²) in [7, 11) is 0. The zero-order valence-corrected chi connectivity index (χ0v) is 23.1. The molecule has 25 heavy (non-hydrogen) atoms. The van der Waals surface area contributed by atoms with Crippen molar-refractivity contribution in [2.75, 3.05) is 45.2 Å². The van der Waals surface area contributed by atoms with Gasteiger partial charge in [-0.1, -0.05) is 95.6 Å². The van der Waals surface area contributed by atoms with Gasteiger partial charge in [-0.3, -0.25) is 0 Å². The first kappa shape index (κ1) is 24.5. The highest BCUT2D eigenvalue weighted by Gasteiger charge is 2.30. The minimum absolute atomic E-state index is 0.0847. The van der Waals surface area contributed by atoms with Gasteiger partial charge in [0.25, 0.3) is 0 Å². The zero-order chi connectivity index (χ0) is 18.9. The van der Waals surface area contributed by atoms with Crippen LogP contribution in [0.15, 0.2) is 0 Å². The van der Waals surface area contributed by atoms with E-state index in [9.17, 15) is 0 Å². The fourth-order valence-electron chi connectivity index (χ4n) is 1.44. The fourth-order valence-corrected chi connectivity index (χ4v) is 7.99. The molecular formula is C14H19Br6N3O2. The standard InChI is InChI=1S/C14H19Br6N3O2/c1-10-21-11(24-8-13(2-15,3-16)4-17)23-12(22-10)25-9-14(5-18,6-19)7-20/h2-9H2,1H3. The van der Waals surface area contributed by atoms with Gasteiger partial charge in [-0.2, -0.15) is 9.97 Å². The van der Waals surface area contributed by atoms with Crippen molar-refractivity contribution in [2.24, 2.45) is 10.8 Å². The molecule has 5 nitrogen and oxygen atoms in total. The van der Waals surface area contributed by atoms with Crippen LogP contribution in [0.2, 0.25) is 0 Å². The number of halogens is 6. The predicted molar refractivity (Wildman–Crippen MR) is 123 cm³/mol. The molecule has 0 bridgehead atoms. The minimum Gasteiger partial charge on any atom is -0.463 e. The molecule has 1 aromatic rings. The zero-order valence-electron chi connectivity index (χ0n) is 13.6. The Balaban J connectivity index is 2.82. The number of hydrogen-bond donors (Lipinski definition) is 0. The van der Waals surface area contributed by atoms with E-state index in [0.717, 1.165) is 32.0 Å². The molecule has 0 atom stereocenters. The SMILES string of the molecule is Cc1nc(OCC(CBr)(CBr)CBr)nc(OCC(CBr)(CBr)CBr)n1. The van der Waals surface area contributed by atoms with Crippen molar-refractivity contribution in [3.05, 3.63) is 5.82 Å². The second-order valence-electron chi connectivity index (χ2n) is 5.83. The Morgan fingerprint density at radius 3 is 1.24 bits per heavy atom. The van der Waals surface area contributed by atoms with Crippen LogP contribution in [0.25, 0.3) is 0 Å². The van der Waals surface area contributed by atoms with Crippen LogP contribution in [-0.4, -0.2) is 60.1 Å². The Labute approximate surface area is 199 Å². The maximum atomic E-state index is 5.82. The third-order valence-corrected chi connectivity index (χ3v) is 10.6. The molecule has 0 unspecified atom stereocenters. The van der Waals surface area contributed by atoms with Gasteiger partial charge in [-0.15, -0.1) is 4.98 Å². The molecule has 0 saturated heterocycles. The highest BCUT2D eigenvalue weighted by Crippen LogP contribution is 2.28. The van der Waals surface area contributed by atoms with E-state index in [1.54, 1.807) is 6.92 Å². The van der Waals surface area contributed by atoms with Crippen molar-refractivity contribution in [3.63, 3.8) is 0 Å². The summed E-state index contributed by atoms with van der Waals surface area (Å²) in [6, 6.07) is 0.550. The molecule has 0 aliphatic heterocycles. The molecule has 0 aliphatic carbocycles. The van der Waals surface area contributed by atoms with Gasteiger partial charge in [-0.25, -0.2) is 0 Å². The summed E-state index contributed by atoms with van der Waals surface area (Å²) in [5.41, 5.74) is -0.169. The van der Waals surface area contributed by atoms with Crippen molar-refractivity contribution in [1.82, 2.24) is 15.0 Å². The number of aromatic nitrogens is 3. The predicted octanol–water partition coefficient (Wildman–Crippen LogP) is 5.28. The lowest BCUT2D eigenvalue weighted by Gasteiger charge is -2.27. The molecule has 1 heterocycles. The molecule has 1 aromatic heterocycles. The third kappa shape index (κ3) is 7.44. The van der Waals surface area contributed by atoms with Gasteiger partial charge < -0.3 is 9.47 Å². The molecule has 144 valence electrons. The van der Waals surface area contributed by atoms with Crippen molar-refractivity contribution in [2.45, 2.75) is 6.92 Å². The van der Waals surface area contributed by atoms with Crippen LogP contribution in [0, 0.1) is 17.8 Å². The summed E-state index contributed by atoms with van der Waals surface area (Å²) >= 11 is 21.2. The molecule has 0 aliphatic rings. The fraction of sp³-hybridized carbons (Fsp3) is 0.786. The van der Waals surface area contributed by atoms with E-state index in [1.807, 2.05) is 0 Å². The Morgan fingerprint density at radius 2 is 0.960 bits per heavy atom. The summed E-state index contributed by atoms with van der Waals surface area (Å²) < 4.78 is 11.6. The molecular weight excluding hydrogens is 722 g/mol. The van der Waals surface area contributed by atoms with E-state index in [1.165, 1.54) is 0 Å². The van der Waals surface area contributed by atoms with E-state index >= 15 is 0 Å². The van der Waals surface area contributed by atoms with Crippen LogP contribution >= 0.6 is 95.6 Å². The first-order chi connectivity index (χ1) is 11.9. The average Bonchev–Trinajstić information content (AvgIpc) is 2.64. The monoisotopic (exact) mass is 735 g/mol. The summed E-state index contributed by atoms with van der Waals surface area (Å²) in [5, 5.41) is 4.72. The van der Waals surface area contributed by atoms with E-state index < -0.39 is 0 Å². The molecule has 11 heteroatoms. The van der Waals surface area contributed by atoms with Crippen molar-refractivity contribution < 1.29 is 9.47 Å². The van der Waals surface area contributed by atoms with Crippen LogP contribution in [0.4, 0.5) is 0 Å². The summed E-state index contributed by atoms with van der Waals surface area (Å²) in [5.74, 6) is 0.559. The van der Waals surface area contributed by atoms with E-state index in [2.05, 4.69) is 111 Å². The van der Waals surface area contributed by atoms with Crippen LogP contribution in [-0.2, 0) is 0 Å². The van der Waals surface area contributed by atoms with Crippen molar-refractivity contribution in [3.8, 4) is 12.0 Å². The second-order valence-corrected chi connectivity index (χ2v) is 9.19. The highest BCUT2D eigenvalue weighted by molar-refractivity contribution is 9.10. The number of alkyl halides is 6. The van der Waals surface area contributed by atoms with Crippen LogP contribution in [0.1, 0.15) is 5.82 Å². The van der Waals surface area contributed by atoms with Gasteiger partial charge >= 0.3 is 12.0 Å². The van der Waals surface area contributed by atoms with Gasteiger partial charge in [0.15, 0.2) is 0 Å². The normalized spacial score (nSPS) is 12.3.